The molecular weight excluding hydrogens is 242 g/mol. The number of carboxylic acids is 1. The van der Waals surface area contributed by atoms with Crippen LogP contribution in [0.3, 0.4) is 0 Å². The van der Waals surface area contributed by atoms with Gasteiger partial charge in [-0.25, -0.2) is 0 Å². The number of amides is 1. The van der Waals surface area contributed by atoms with Gasteiger partial charge in [0.2, 0.25) is 5.91 Å². The predicted molar refractivity (Wildman–Crippen MR) is 71.7 cm³/mol. The Morgan fingerprint density at radius 2 is 1.84 bits per heavy atom. The minimum atomic E-state index is -1.20. The number of rotatable bonds is 4. The summed E-state index contributed by atoms with van der Waals surface area (Å²) in [7, 11) is 0. The fourth-order valence-corrected chi connectivity index (χ4v) is 2.34. The molecule has 1 unspecified atom stereocenters. The maximum atomic E-state index is 12.1. The van der Waals surface area contributed by atoms with Crippen LogP contribution in [0, 0.1) is 12.3 Å². The van der Waals surface area contributed by atoms with Crippen LogP contribution < -0.4 is 5.32 Å². The highest BCUT2D eigenvalue weighted by Crippen LogP contribution is 2.41. The van der Waals surface area contributed by atoms with E-state index < -0.39 is 11.4 Å². The second-order valence-electron chi connectivity index (χ2n) is 5.35. The molecule has 1 amide bonds. The van der Waals surface area contributed by atoms with Gasteiger partial charge in [0.1, 0.15) is 5.41 Å². The number of hydrogen-bond donors (Lipinski definition) is 2. The van der Waals surface area contributed by atoms with Crippen molar-refractivity contribution in [2.24, 2.45) is 5.41 Å². The van der Waals surface area contributed by atoms with E-state index in [0.29, 0.717) is 12.8 Å². The Morgan fingerprint density at radius 3 is 2.26 bits per heavy atom. The predicted octanol–water partition coefficient (Wildman–Crippen LogP) is 2.43. The van der Waals surface area contributed by atoms with E-state index in [2.05, 4.69) is 5.32 Å². The van der Waals surface area contributed by atoms with Crippen LogP contribution >= 0.6 is 0 Å². The van der Waals surface area contributed by atoms with E-state index in [-0.39, 0.29) is 11.9 Å². The molecule has 1 saturated carbocycles. The van der Waals surface area contributed by atoms with E-state index >= 15 is 0 Å². The molecule has 1 aliphatic rings. The van der Waals surface area contributed by atoms with Gasteiger partial charge in [-0.2, -0.15) is 0 Å². The molecule has 0 aromatic heterocycles. The second-order valence-corrected chi connectivity index (χ2v) is 5.35. The molecule has 1 aromatic carbocycles. The Labute approximate surface area is 112 Å². The van der Waals surface area contributed by atoms with E-state index in [0.717, 1.165) is 17.5 Å². The Hall–Kier alpha value is -1.84. The van der Waals surface area contributed by atoms with Gasteiger partial charge in [0.25, 0.3) is 0 Å². The summed E-state index contributed by atoms with van der Waals surface area (Å²) in [5.74, 6) is -1.37. The molecular formula is C15H19NO3. The first kappa shape index (κ1) is 13.6. The van der Waals surface area contributed by atoms with Gasteiger partial charge in [-0.15, -0.1) is 0 Å². The van der Waals surface area contributed by atoms with Gasteiger partial charge in [0.15, 0.2) is 0 Å². The third kappa shape index (κ3) is 2.48. The van der Waals surface area contributed by atoms with Gasteiger partial charge < -0.3 is 10.4 Å². The van der Waals surface area contributed by atoms with Gasteiger partial charge in [-0.3, -0.25) is 9.59 Å². The molecule has 0 heterocycles. The van der Waals surface area contributed by atoms with Crippen LogP contribution in [0.2, 0.25) is 0 Å². The molecule has 102 valence electrons. The normalized spacial score (nSPS) is 18.2. The molecule has 0 bridgehead atoms. The summed E-state index contributed by atoms with van der Waals surface area (Å²) >= 11 is 0. The van der Waals surface area contributed by atoms with Gasteiger partial charge in [0, 0.05) is 0 Å². The summed E-state index contributed by atoms with van der Waals surface area (Å²) in [4.78, 5) is 23.4. The number of hydrogen-bond acceptors (Lipinski definition) is 2. The molecule has 1 fully saturated rings. The molecule has 2 rings (SSSR count). The lowest BCUT2D eigenvalue weighted by Crippen LogP contribution is -2.51. The third-order valence-electron chi connectivity index (χ3n) is 3.98. The SMILES string of the molecule is Cc1ccc(C(C)NC(=O)C2(C(=O)O)CCC2)cc1. The zero-order valence-electron chi connectivity index (χ0n) is 11.3. The second kappa shape index (κ2) is 5.03. The Morgan fingerprint density at radius 1 is 1.26 bits per heavy atom. The molecule has 4 nitrogen and oxygen atoms in total. The molecule has 1 atom stereocenters. The highest BCUT2D eigenvalue weighted by atomic mass is 16.4. The number of nitrogens with one attached hydrogen (secondary N) is 1. The van der Waals surface area contributed by atoms with Crippen molar-refractivity contribution in [1.82, 2.24) is 5.32 Å². The van der Waals surface area contributed by atoms with E-state index in [9.17, 15) is 14.7 Å². The van der Waals surface area contributed by atoms with E-state index in [1.807, 2.05) is 38.1 Å². The zero-order chi connectivity index (χ0) is 14.0. The maximum Gasteiger partial charge on any atom is 0.319 e. The number of carbonyl (C=O) groups excluding carboxylic acids is 1. The highest BCUT2D eigenvalue weighted by Gasteiger charge is 2.51. The van der Waals surface area contributed by atoms with Crippen LogP contribution in [-0.4, -0.2) is 17.0 Å². The largest absolute Gasteiger partial charge is 0.480 e. The number of benzene rings is 1. The molecule has 0 aliphatic heterocycles. The summed E-state index contributed by atoms with van der Waals surface area (Å²) in [6.07, 6.45) is 1.68. The Kier molecular flexibility index (Phi) is 3.60. The van der Waals surface area contributed by atoms with Crippen molar-refractivity contribution < 1.29 is 14.7 Å². The number of aliphatic carboxylic acids is 1. The van der Waals surface area contributed by atoms with Crippen molar-refractivity contribution in [3.05, 3.63) is 35.4 Å². The van der Waals surface area contributed by atoms with Crippen LogP contribution in [-0.2, 0) is 9.59 Å². The number of carboxylic acid groups (broad SMARTS) is 1. The minimum absolute atomic E-state index is 0.176. The van der Waals surface area contributed by atoms with Crippen molar-refractivity contribution >= 4 is 11.9 Å². The van der Waals surface area contributed by atoms with Crippen LogP contribution in [0.1, 0.15) is 43.4 Å². The monoisotopic (exact) mass is 261 g/mol. The number of carbonyl (C=O) groups is 2. The lowest BCUT2D eigenvalue weighted by Gasteiger charge is -2.36. The summed E-state index contributed by atoms with van der Waals surface area (Å²) in [6, 6.07) is 7.69. The van der Waals surface area contributed by atoms with Crippen LogP contribution in [0.5, 0.6) is 0 Å². The van der Waals surface area contributed by atoms with E-state index in [4.69, 9.17) is 0 Å². The molecule has 0 saturated heterocycles. The first-order chi connectivity index (χ1) is 8.95. The smallest absolute Gasteiger partial charge is 0.319 e. The molecule has 0 radical (unpaired) electrons. The standard InChI is InChI=1S/C15H19NO3/c1-10-4-6-12(7-5-10)11(2)16-13(17)15(14(18)19)8-3-9-15/h4-7,11H,3,8-9H2,1-2H3,(H,16,17)(H,18,19). The maximum absolute atomic E-state index is 12.1. The fraction of sp³-hybridized carbons (Fsp3) is 0.467. The van der Waals surface area contributed by atoms with Crippen LogP contribution in [0.4, 0.5) is 0 Å². The van der Waals surface area contributed by atoms with Gasteiger partial charge in [0.05, 0.1) is 6.04 Å². The van der Waals surface area contributed by atoms with E-state index in [1.54, 1.807) is 0 Å². The molecule has 4 heteroatoms. The molecule has 2 N–H and O–H groups in total. The van der Waals surface area contributed by atoms with Gasteiger partial charge in [-0.1, -0.05) is 36.2 Å². The third-order valence-corrected chi connectivity index (χ3v) is 3.98. The Bertz CT molecular complexity index is 489. The molecule has 1 aromatic rings. The molecule has 1 aliphatic carbocycles. The van der Waals surface area contributed by atoms with Crippen LogP contribution in [0.25, 0.3) is 0 Å². The van der Waals surface area contributed by atoms with Crippen molar-refractivity contribution in [2.45, 2.75) is 39.2 Å². The lowest BCUT2D eigenvalue weighted by atomic mass is 9.68. The summed E-state index contributed by atoms with van der Waals surface area (Å²) in [6.45, 7) is 3.87. The fourth-order valence-electron chi connectivity index (χ4n) is 2.34. The Balaban J connectivity index is 2.06. The van der Waals surface area contributed by atoms with Gasteiger partial charge in [-0.05, 0) is 32.3 Å². The van der Waals surface area contributed by atoms with Crippen LogP contribution in [0.15, 0.2) is 24.3 Å². The summed E-state index contributed by atoms with van der Waals surface area (Å²) in [5, 5.41) is 12.0. The van der Waals surface area contributed by atoms with Crippen molar-refractivity contribution in [3.8, 4) is 0 Å². The summed E-state index contributed by atoms with van der Waals surface area (Å²) in [5.41, 5.74) is 0.945. The number of aryl methyl sites for hydroxylation is 1. The van der Waals surface area contributed by atoms with Crippen molar-refractivity contribution in [3.63, 3.8) is 0 Å². The quantitative estimate of drug-likeness (QED) is 0.818. The minimum Gasteiger partial charge on any atom is -0.480 e. The average molecular weight is 261 g/mol. The van der Waals surface area contributed by atoms with Crippen molar-refractivity contribution in [1.29, 1.82) is 0 Å². The van der Waals surface area contributed by atoms with Crippen molar-refractivity contribution in [2.75, 3.05) is 0 Å². The highest BCUT2D eigenvalue weighted by molar-refractivity contribution is 6.02. The zero-order valence-corrected chi connectivity index (χ0v) is 11.3. The van der Waals surface area contributed by atoms with E-state index in [1.165, 1.54) is 0 Å². The average Bonchev–Trinajstić information content (AvgIpc) is 2.27. The lowest BCUT2D eigenvalue weighted by molar-refractivity contribution is -0.162. The summed E-state index contributed by atoms with van der Waals surface area (Å²) < 4.78 is 0. The topological polar surface area (TPSA) is 66.4 Å². The first-order valence-corrected chi connectivity index (χ1v) is 6.57. The molecule has 0 spiro atoms. The molecule has 19 heavy (non-hydrogen) atoms. The first-order valence-electron chi connectivity index (χ1n) is 6.57. The van der Waals surface area contributed by atoms with Gasteiger partial charge >= 0.3 is 5.97 Å².